The van der Waals surface area contributed by atoms with Crippen LogP contribution >= 0.6 is 11.6 Å². The highest BCUT2D eigenvalue weighted by atomic mass is 35.5. The maximum Gasteiger partial charge on any atom is 0.253 e. The van der Waals surface area contributed by atoms with Crippen molar-refractivity contribution in [2.45, 2.75) is 45.7 Å². The summed E-state index contributed by atoms with van der Waals surface area (Å²) in [5.74, 6) is -0.200. The van der Waals surface area contributed by atoms with Gasteiger partial charge in [-0.15, -0.1) is 0 Å². The van der Waals surface area contributed by atoms with E-state index in [9.17, 15) is 9.59 Å². The van der Waals surface area contributed by atoms with Crippen molar-refractivity contribution in [1.82, 2.24) is 5.32 Å². The highest BCUT2D eigenvalue weighted by Gasteiger charge is 2.48. The van der Waals surface area contributed by atoms with Crippen LogP contribution in [0.3, 0.4) is 0 Å². The second kappa shape index (κ2) is 5.68. The number of carbonyl (C=O) groups excluding carboxylic acids is 2. The van der Waals surface area contributed by atoms with E-state index in [1.54, 1.807) is 30.0 Å². The Morgan fingerprint density at radius 3 is 2.57 bits per heavy atom. The Kier molecular flexibility index (Phi) is 4.28. The number of amides is 2. The van der Waals surface area contributed by atoms with Crippen LogP contribution in [-0.4, -0.2) is 23.4 Å². The zero-order valence-electron chi connectivity index (χ0n) is 12.8. The molecule has 0 aromatic heterocycles. The molecule has 1 aromatic rings. The first kappa shape index (κ1) is 15.8. The Morgan fingerprint density at radius 2 is 2.05 bits per heavy atom. The lowest BCUT2D eigenvalue weighted by atomic mass is 9.88. The smallest absolute Gasteiger partial charge is 0.253 e. The second-order valence-electron chi connectivity index (χ2n) is 6.02. The lowest BCUT2D eigenvalue weighted by molar-refractivity contribution is -0.138. The molecule has 0 bridgehead atoms. The van der Waals surface area contributed by atoms with Crippen LogP contribution < -0.4 is 10.2 Å². The number of carbonyl (C=O) groups is 2. The van der Waals surface area contributed by atoms with Gasteiger partial charge in [-0.3, -0.25) is 14.5 Å². The molecule has 1 N–H and O–H groups in total. The minimum Gasteiger partial charge on any atom is -0.340 e. The third-order valence-corrected chi connectivity index (χ3v) is 4.30. The molecular weight excluding hydrogens is 288 g/mol. The average Bonchev–Trinajstić information content (AvgIpc) is 2.42. The molecule has 0 saturated carbocycles. The predicted molar refractivity (Wildman–Crippen MR) is 84.4 cm³/mol. The van der Waals surface area contributed by atoms with Crippen molar-refractivity contribution in [3.63, 3.8) is 0 Å². The molecule has 2 unspecified atom stereocenters. The Hall–Kier alpha value is -1.55. The van der Waals surface area contributed by atoms with E-state index in [-0.39, 0.29) is 17.7 Å². The molecule has 2 amide bonds. The Balaban J connectivity index is 2.54. The van der Waals surface area contributed by atoms with Crippen LogP contribution in [0.25, 0.3) is 0 Å². The van der Waals surface area contributed by atoms with Crippen molar-refractivity contribution >= 4 is 29.1 Å². The highest BCUT2D eigenvalue weighted by molar-refractivity contribution is 6.31. The van der Waals surface area contributed by atoms with Gasteiger partial charge in [-0.05, 0) is 37.5 Å². The van der Waals surface area contributed by atoms with Gasteiger partial charge in [-0.25, -0.2) is 0 Å². The van der Waals surface area contributed by atoms with Gasteiger partial charge in [0.1, 0.15) is 11.6 Å². The zero-order valence-corrected chi connectivity index (χ0v) is 13.6. The molecule has 1 aromatic carbocycles. The van der Waals surface area contributed by atoms with Crippen molar-refractivity contribution < 1.29 is 9.59 Å². The van der Waals surface area contributed by atoms with Crippen molar-refractivity contribution in [2.24, 2.45) is 5.92 Å². The van der Waals surface area contributed by atoms with Crippen molar-refractivity contribution in [1.29, 1.82) is 0 Å². The molecule has 1 fully saturated rings. The summed E-state index contributed by atoms with van der Waals surface area (Å²) < 4.78 is 0. The molecule has 1 aliphatic rings. The minimum absolute atomic E-state index is 0.00865. The Labute approximate surface area is 130 Å². The van der Waals surface area contributed by atoms with Gasteiger partial charge in [0, 0.05) is 10.7 Å². The molecule has 1 aliphatic heterocycles. The minimum atomic E-state index is -0.870. The van der Waals surface area contributed by atoms with Crippen LogP contribution in [-0.2, 0) is 9.59 Å². The molecule has 1 saturated heterocycles. The summed E-state index contributed by atoms with van der Waals surface area (Å²) in [6.45, 7) is 7.53. The zero-order chi connectivity index (χ0) is 15.8. The van der Waals surface area contributed by atoms with Gasteiger partial charge >= 0.3 is 0 Å². The molecule has 0 aliphatic carbocycles. The van der Waals surface area contributed by atoms with Crippen molar-refractivity contribution in [2.75, 3.05) is 4.90 Å². The predicted octanol–water partition coefficient (Wildman–Crippen LogP) is 3.00. The van der Waals surface area contributed by atoms with Gasteiger partial charge in [0.15, 0.2) is 0 Å². The molecule has 1 heterocycles. The largest absolute Gasteiger partial charge is 0.340 e. The Bertz CT molecular complexity index is 573. The molecule has 2 atom stereocenters. The second-order valence-corrected chi connectivity index (χ2v) is 6.46. The summed E-state index contributed by atoms with van der Waals surface area (Å²) in [6.07, 6.45) is 0.541. The van der Waals surface area contributed by atoms with Gasteiger partial charge in [0.2, 0.25) is 5.91 Å². The molecule has 0 radical (unpaired) electrons. The maximum absolute atomic E-state index is 12.9. The average molecular weight is 309 g/mol. The topological polar surface area (TPSA) is 49.4 Å². The van der Waals surface area contributed by atoms with E-state index >= 15 is 0 Å². The van der Waals surface area contributed by atoms with Gasteiger partial charge < -0.3 is 5.32 Å². The van der Waals surface area contributed by atoms with Crippen LogP contribution in [0, 0.1) is 5.92 Å². The monoisotopic (exact) mass is 308 g/mol. The van der Waals surface area contributed by atoms with E-state index in [1.807, 2.05) is 26.8 Å². The van der Waals surface area contributed by atoms with Crippen LogP contribution in [0.2, 0.25) is 5.02 Å². The van der Waals surface area contributed by atoms with Gasteiger partial charge in [-0.2, -0.15) is 0 Å². The molecule has 114 valence electrons. The van der Waals surface area contributed by atoms with E-state index in [0.29, 0.717) is 17.1 Å². The van der Waals surface area contributed by atoms with Crippen LogP contribution in [0.4, 0.5) is 5.69 Å². The quantitative estimate of drug-likeness (QED) is 0.933. The number of nitrogens with one attached hydrogen (secondary N) is 1. The van der Waals surface area contributed by atoms with Gasteiger partial charge in [0.25, 0.3) is 5.91 Å². The number of anilines is 1. The first-order valence-electron chi connectivity index (χ1n) is 7.21. The van der Waals surface area contributed by atoms with Crippen molar-refractivity contribution in [3.05, 3.63) is 29.3 Å². The number of hydrogen-bond donors (Lipinski definition) is 1. The van der Waals surface area contributed by atoms with Gasteiger partial charge in [-0.1, -0.05) is 38.4 Å². The van der Waals surface area contributed by atoms with Crippen LogP contribution in [0.15, 0.2) is 24.3 Å². The summed E-state index contributed by atoms with van der Waals surface area (Å²) in [7, 11) is 0. The molecule has 5 heteroatoms. The Morgan fingerprint density at radius 1 is 1.38 bits per heavy atom. The third-order valence-electron chi connectivity index (χ3n) is 4.06. The number of nitrogens with zero attached hydrogens (tertiary/aromatic N) is 1. The fourth-order valence-corrected chi connectivity index (χ4v) is 2.84. The van der Waals surface area contributed by atoms with E-state index in [2.05, 4.69) is 5.32 Å². The summed E-state index contributed by atoms with van der Waals surface area (Å²) in [4.78, 5) is 27.0. The summed E-state index contributed by atoms with van der Waals surface area (Å²) in [5.41, 5.74) is -0.203. The number of halogens is 1. The van der Waals surface area contributed by atoms with E-state index in [4.69, 9.17) is 11.6 Å². The fraction of sp³-hybridized carbons (Fsp3) is 0.500. The summed E-state index contributed by atoms with van der Waals surface area (Å²) >= 11 is 6.04. The summed E-state index contributed by atoms with van der Waals surface area (Å²) in [5, 5.41) is 3.42. The standard InChI is InChI=1S/C16H21ClN2O2/c1-5-16(4)15(21)19(12-8-6-7-11(17)9-12)13(10(2)3)14(20)18-16/h6-10,13H,5H2,1-4H3,(H,18,20). The van der Waals surface area contributed by atoms with Crippen LogP contribution in [0.1, 0.15) is 34.1 Å². The number of hydrogen-bond acceptors (Lipinski definition) is 2. The van der Waals surface area contributed by atoms with E-state index < -0.39 is 11.6 Å². The molecule has 0 spiro atoms. The highest BCUT2D eigenvalue weighted by Crippen LogP contribution is 2.31. The van der Waals surface area contributed by atoms with Crippen molar-refractivity contribution in [3.8, 4) is 0 Å². The molecule has 2 rings (SSSR count). The first-order valence-corrected chi connectivity index (χ1v) is 7.59. The SMILES string of the molecule is CCC1(C)NC(=O)C(C(C)C)N(c2cccc(Cl)c2)C1=O. The molecular formula is C16H21ClN2O2. The third kappa shape index (κ3) is 2.77. The maximum atomic E-state index is 12.9. The van der Waals surface area contributed by atoms with E-state index in [1.165, 1.54) is 0 Å². The number of piperazine rings is 1. The van der Waals surface area contributed by atoms with E-state index in [0.717, 1.165) is 0 Å². The fourth-order valence-electron chi connectivity index (χ4n) is 2.65. The first-order chi connectivity index (χ1) is 9.80. The lowest BCUT2D eigenvalue weighted by Gasteiger charge is -2.45. The number of benzene rings is 1. The molecule has 21 heavy (non-hydrogen) atoms. The molecule has 4 nitrogen and oxygen atoms in total. The summed E-state index contributed by atoms with van der Waals surface area (Å²) in [6, 6.07) is 6.56. The van der Waals surface area contributed by atoms with Gasteiger partial charge in [0.05, 0.1) is 0 Å². The van der Waals surface area contributed by atoms with Crippen LogP contribution in [0.5, 0.6) is 0 Å². The normalized spacial score (nSPS) is 26.2. The number of rotatable bonds is 3. The lowest BCUT2D eigenvalue weighted by Crippen LogP contribution is -2.70.